The van der Waals surface area contributed by atoms with Gasteiger partial charge in [-0.1, -0.05) is 146 Å². The van der Waals surface area contributed by atoms with Gasteiger partial charge in [0, 0.05) is 60.4 Å². The molecule has 6 heteroatoms. The molecule has 4 aromatic heterocycles. The van der Waals surface area contributed by atoms with Crippen LogP contribution in [0.1, 0.15) is 0 Å². The standard InChI is InChI=1S/C57H35N5O/c1-3-15-36(16-4-1)42-24-14-28-52-54(42)46-31-29-39(34-53(46)63-52)57-59-55(37-17-5-2-6-18-37)58-56(60-57)38-19-13-20-40(33-38)61-50-27-12-9-23-45(50)47-35-41(30-32-51(47)61)62-48-25-10-7-21-43(48)44-22-8-11-26-49(44)62/h1-35H. The minimum Gasteiger partial charge on any atom is -0.456 e. The fraction of sp³-hybridized carbons (Fsp3) is 0. The lowest BCUT2D eigenvalue weighted by Crippen LogP contribution is -2.01. The van der Waals surface area contributed by atoms with E-state index < -0.39 is 0 Å². The highest BCUT2D eigenvalue weighted by atomic mass is 16.3. The molecule has 0 spiro atoms. The van der Waals surface area contributed by atoms with E-state index in [4.69, 9.17) is 19.4 Å². The zero-order valence-electron chi connectivity index (χ0n) is 33.9. The SMILES string of the molecule is c1ccc(-c2nc(-c3cccc(-n4c5ccccc5c5cc(-n6c7ccccc7c7ccccc76)ccc54)c3)nc(-c3ccc4c(c3)oc3cccc(-c5ccccc5)c34)n2)cc1. The van der Waals surface area contributed by atoms with Gasteiger partial charge in [-0.2, -0.15) is 0 Å². The van der Waals surface area contributed by atoms with Crippen molar-refractivity contribution in [1.82, 2.24) is 24.1 Å². The second kappa shape index (κ2) is 14.0. The fourth-order valence-corrected chi connectivity index (χ4v) is 9.54. The molecule has 0 unspecified atom stereocenters. The van der Waals surface area contributed by atoms with E-state index in [1.54, 1.807) is 0 Å². The number of aromatic nitrogens is 5. The average Bonchev–Trinajstić information content (AvgIpc) is 4.02. The van der Waals surface area contributed by atoms with Crippen molar-refractivity contribution in [2.75, 3.05) is 0 Å². The fourth-order valence-electron chi connectivity index (χ4n) is 9.54. The molecule has 0 aliphatic carbocycles. The lowest BCUT2D eigenvalue weighted by atomic mass is 9.99. The molecule has 9 aromatic carbocycles. The molecule has 0 aliphatic heterocycles. The summed E-state index contributed by atoms with van der Waals surface area (Å²) in [4.78, 5) is 15.4. The van der Waals surface area contributed by atoms with Crippen molar-refractivity contribution in [2.45, 2.75) is 0 Å². The number of fused-ring (bicyclic) bond motifs is 9. The third-order valence-electron chi connectivity index (χ3n) is 12.4. The van der Waals surface area contributed by atoms with E-state index >= 15 is 0 Å². The van der Waals surface area contributed by atoms with Crippen LogP contribution in [0.2, 0.25) is 0 Å². The van der Waals surface area contributed by atoms with E-state index in [-0.39, 0.29) is 0 Å². The van der Waals surface area contributed by atoms with Gasteiger partial charge < -0.3 is 13.6 Å². The first kappa shape index (κ1) is 35.2. The van der Waals surface area contributed by atoms with E-state index in [9.17, 15) is 0 Å². The van der Waals surface area contributed by atoms with Crippen molar-refractivity contribution in [1.29, 1.82) is 0 Å². The molecule has 0 saturated carbocycles. The van der Waals surface area contributed by atoms with Gasteiger partial charge in [0.1, 0.15) is 11.2 Å². The number of hydrogen-bond acceptors (Lipinski definition) is 4. The molecular weight excluding hydrogens is 771 g/mol. The molecule has 0 radical (unpaired) electrons. The molecule has 0 saturated heterocycles. The van der Waals surface area contributed by atoms with Gasteiger partial charge >= 0.3 is 0 Å². The third-order valence-corrected chi connectivity index (χ3v) is 12.4. The van der Waals surface area contributed by atoms with Crippen molar-refractivity contribution in [3.63, 3.8) is 0 Å². The lowest BCUT2D eigenvalue weighted by Gasteiger charge is -2.12. The van der Waals surface area contributed by atoms with Gasteiger partial charge in [-0.15, -0.1) is 0 Å². The Morgan fingerprint density at radius 2 is 0.810 bits per heavy atom. The summed E-state index contributed by atoms with van der Waals surface area (Å²) in [5.41, 5.74) is 13.3. The van der Waals surface area contributed by atoms with Crippen LogP contribution in [0, 0.1) is 0 Å². The highest BCUT2D eigenvalue weighted by molar-refractivity contribution is 6.14. The summed E-state index contributed by atoms with van der Waals surface area (Å²) >= 11 is 0. The van der Waals surface area contributed by atoms with Gasteiger partial charge in [-0.25, -0.2) is 15.0 Å². The Morgan fingerprint density at radius 1 is 0.302 bits per heavy atom. The van der Waals surface area contributed by atoms with Crippen LogP contribution < -0.4 is 0 Å². The Bertz CT molecular complexity index is 3860. The molecule has 0 fully saturated rings. The lowest BCUT2D eigenvalue weighted by molar-refractivity contribution is 0.669. The summed E-state index contributed by atoms with van der Waals surface area (Å²) in [7, 11) is 0. The highest BCUT2D eigenvalue weighted by Crippen LogP contribution is 2.40. The monoisotopic (exact) mass is 805 g/mol. The Labute approximate surface area is 361 Å². The third kappa shape index (κ3) is 5.62. The zero-order valence-corrected chi connectivity index (χ0v) is 33.9. The Balaban J connectivity index is 0.956. The maximum atomic E-state index is 6.52. The van der Waals surface area contributed by atoms with Crippen LogP contribution >= 0.6 is 0 Å². The molecule has 13 aromatic rings. The van der Waals surface area contributed by atoms with E-state index in [0.717, 1.165) is 72.2 Å². The molecule has 294 valence electrons. The van der Waals surface area contributed by atoms with Gasteiger partial charge in [0.25, 0.3) is 0 Å². The summed E-state index contributed by atoms with van der Waals surface area (Å²) in [6.07, 6.45) is 0. The first-order chi connectivity index (χ1) is 31.2. The van der Waals surface area contributed by atoms with Crippen LogP contribution in [0.3, 0.4) is 0 Å². The van der Waals surface area contributed by atoms with Gasteiger partial charge in [0.2, 0.25) is 0 Å². The Kier molecular flexibility index (Phi) is 7.80. The number of benzene rings is 9. The molecular formula is C57H35N5O. The van der Waals surface area contributed by atoms with Crippen molar-refractivity contribution in [2.24, 2.45) is 0 Å². The van der Waals surface area contributed by atoms with Gasteiger partial charge in [0.15, 0.2) is 17.5 Å². The Morgan fingerprint density at radius 3 is 1.48 bits per heavy atom. The maximum absolute atomic E-state index is 6.52. The van der Waals surface area contributed by atoms with Gasteiger partial charge in [0.05, 0.1) is 22.1 Å². The second-order valence-corrected chi connectivity index (χ2v) is 16.0. The number of para-hydroxylation sites is 3. The summed E-state index contributed by atoms with van der Waals surface area (Å²) in [5.74, 6) is 1.77. The molecule has 6 nitrogen and oxygen atoms in total. The quantitative estimate of drug-likeness (QED) is 0.168. The topological polar surface area (TPSA) is 61.7 Å². The highest BCUT2D eigenvalue weighted by Gasteiger charge is 2.19. The van der Waals surface area contributed by atoms with E-state index in [1.165, 1.54) is 32.6 Å². The average molecular weight is 806 g/mol. The molecule has 0 amide bonds. The van der Waals surface area contributed by atoms with E-state index in [2.05, 4.69) is 179 Å². The molecule has 13 rings (SSSR count). The van der Waals surface area contributed by atoms with Crippen LogP contribution in [0.25, 0.3) is 122 Å². The van der Waals surface area contributed by atoms with Gasteiger partial charge in [-0.05, 0) is 77.9 Å². The number of nitrogens with zero attached hydrogens (tertiary/aromatic N) is 5. The number of furan rings is 1. The van der Waals surface area contributed by atoms with Crippen LogP contribution in [-0.4, -0.2) is 24.1 Å². The normalized spacial score (nSPS) is 11.8. The first-order valence-electron chi connectivity index (χ1n) is 21.2. The minimum absolute atomic E-state index is 0.573. The van der Waals surface area contributed by atoms with Crippen molar-refractivity contribution in [3.05, 3.63) is 212 Å². The molecule has 0 atom stereocenters. The molecule has 0 bridgehead atoms. The van der Waals surface area contributed by atoms with Crippen molar-refractivity contribution < 1.29 is 4.42 Å². The largest absolute Gasteiger partial charge is 0.456 e. The second-order valence-electron chi connectivity index (χ2n) is 16.0. The minimum atomic E-state index is 0.573. The number of rotatable bonds is 6. The van der Waals surface area contributed by atoms with Crippen molar-refractivity contribution >= 4 is 65.6 Å². The van der Waals surface area contributed by atoms with Crippen LogP contribution in [-0.2, 0) is 0 Å². The molecule has 0 N–H and O–H groups in total. The zero-order chi connectivity index (χ0) is 41.4. The van der Waals surface area contributed by atoms with Crippen LogP contribution in [0.4, 0.5) is 0 Å². The summed E-state index contributed by atoms with van der Waals surface area (Å²) in [5, 5.41) is 7.00. The van der Waals surface area contributed by atoms with Crippen molar-refractivity contribution in [3.8, 4) is 56.7 Å². The maximum Gasteiger partial charge on any atom is 0.164 e. The Hall–Kier alpha value is -8.61. The van der Waals surface area contributed by atoms with E-state index in [0.29, 0.717) is 17.5 Å². The predicted octanol–water partition coefficient (Wildman–Crippen LogP) is 14.6. The molecule has 63 heavy (non-hydrogen) atoms. The van der Waals surface area contributed by atoms with Gasteiger partial charge in [-0.3, -0.25) is 0 Å². The van der Waals surface area contributed by atoms with E-state index in [1.807, 2.05) is 42.5 Å². The van der Waals surface area contributed by atoms with Crippen LogP contribution in [0.5, 0.6) is 0 Å². The molecule has 0 aliphatic rings. The predicted molar refractivity (Wildman–Crippen MR) is 258 cm³/mol. The number of hydrogen-bond donors (Lipinski definition) is 0. The first-order valence-corrected chi connectivity index (χ1v) is 21.2. The summed E-state index contributed by atoms with van der Waals surface area (Å²) in [6, 6.07) is 74.4. The smallest absolute Gasteiger partial charge is 0.164 e. The van der Waals surface area contributed by atoms with Crippen LogP contribution in [0.15, 0.2) is 217 Å². The molecule has 4 heterocycles. The summed E-state index contributed by atoms with van der Waals surface area (Å²) < 4.78 is 11.3. The summed E-state index contributed by atoms with van der Waals surface area (Å²) in [6.45, 7) is 0.